The molecule has 1 aromatic carbocycles. The Balaban J connectivity index is 1.71. The van der Waals surface area contributed by atoms with Gasteiger partial charge in [0.25, 0.3) is 0 Å². The summed E-state index contributed by atoms with van der Waals surface area (Å²) in [7, 11) is 1.61. The predicted octanol–water partition coefficient (Wildman–Crippen LogP) is 3.30. The van der Waals surface area contributed by atoms with Gasteiger partial charge in [0.05, 0.1) is 18.5 Å². The van der Waals surface area contributed by atoms with Crippen LogP contribution in [0.2, 0.25) is 0 Å². The van der Waals surface area contributed by atoms with Gasteiger partial charge in [-0.1, -0.05) is 12.1 Å². The molecule has 2 aromatic heterocycles. The molecular weight excluding hydrogens is 290 g/mol. The lowest BCUT2D eigenvalue weighted by Crippen LogP contribution is -2.08. The van der Waals surface area contributed by atoms with Gasteiger partial charge in [-0.25, -0.2) is 4.98 Å². The number of fused-ring (bicyclic) bond motifs is 1. The normalized spacial score (nSPS) is 11.0. The van der Waals surface area contributed by atoms with Gasteiger partial charge in [-0.3, -0.25) is 4.79 Å². The number of nitrogens with one attached hydrogen (secondary N) is 1. The molecule has 1 amide bonds. The maximum atomic E-state index is 12.0. The number of carbonyl (C=O) groups is 1. The fourth-order valence-corrected chi connectivity index (χ4v) is 2.29. The van der Waals surface area contributed by atoms with Crippen LogP contribution in [0, 0.1) is 6.92 Å². The summed E-state index contributed by atoms with van der Waals surface area (Å²) in [6, 6.07) is 11.2. The van der Waals surface area contributed by atoms with Crippen molar-refractivity contribution in [2.24, 2.45) is 0 Å². The molecule has 5 nitrogen and oxygen atoms in total. The smallest absolute Gasteiger partial charge is 0.248 e. The van der Waals surface area contributed by atoms with E-state index in [4.69, 9.17) is 4.74 Å². The number of nitrogens with zero attached hydrogens (tertiary/aromatic N) is 2. The number of imidazole rings is 1. The van der Waals surface area contributed by atoms with Gasteiger partial charge in [-0.05, 0) is 42.8 Å². The molecule has 0 spiro atoms. The van der Waals surface area contributed by atoms with E-state index in [9.17, 15) is 4.79 Å². The lowest BCUT2D eigenvalue weighted by molar-refractivity contribution is -0.111. The van der Waals surface area contributed by atoms with E-state index in [1.54, 1.807) is 13.2 Å². The van der Waals surface area contributed by atoms with Crippen LogP contribution in [-0.4, -0.2) is 22.4 Å². The molecule has 3 rings (SSSR count). The van der Waals surface area contributed by atoms with Crippen LogP contribution in [0.5, 0.6) is 5.75 Å². The zero-order valence-electron chi connectivity index (χ0n) is 13.0. The molecule has 5 heteroatoms. The number of ether oxygens (including phenoxy) is 1. The third kappa shape index (κ3) is 3.58. The number of pyridine rings is 1. The van der Waals surface area contributed by atoms with Crippen LogP contribution in [0.15, 0.2) is 54.9 Å². The monoisotopic (exact) mass is 307 g/mol. The Bertz CT molecular complexity index is 881. The fourth-order valence-electron chi connectivity index (χ4n) is 2.29. The lowest BCUT2D eigenvalue weighted by atomic mass is 10.2. The van der Waals surface area contributed by atoms with E-state index < -0.39 is 0 Å². The summed E-state index contributed by atoms with van der Waals surface area (Å²) in [5.74, 6) is 0.567. The Morgan fingerprint density at radius 1 is 1.26 bits per heavy atom. The molecule has 0 unspecified atom stereocenters. The summed E-state index contributed by atoms with van der Waals surface area (Å²) < 4.78 is 7.04. The molecule has 0 bridgehead atoms. The van der Waals surface area contributed by atoms with Crippen molar-refractivity contribution in [1.29, 1.82) is 0 Å². The second-order valence-corrected chi connectivity index (χ2v) is 5.16. The largest absolute Gasteiger partial charge is 0.497 e. The molecule has 116 valence electrons. The molecule has 0 atom stereocenters. The minimum atomic E-state index is -0.191. The van der Waals surface area contributed by atoms with E-state index in [0.29, 0.717) is 0 Å². The molecule has 3 aromatic rings. The Morgan fingerprint density at radius 3 is 2.96 bits per heavy atom. The zero-order chi connectivity index (χ0) is 16.2. The standard InChI is InChI=1S/C18H17N3O2/c1-13-11-21-12-15(7-8-17(21)19-13)20-18(22)9-6-14-4-3-5-16(10-14)23-2/h3-12H,1-2H3,(H,20,22)/b9-6+. The Kier molecular flexibility index (Phi) is 4.10. The molecule has 0 aliphatic carbocycles. The second-order valence-electron chi connectivity index (χ2n) is 5.16. The Hall–Kier alpha value is -3.08. The van der Waals surface area contributed by atoms with Gasteiger partial charge < -0.3 is 14.5 Å². The van der Waals surface area contributed by atoms with Gasteiger partial charge in [0, 0.05) is 18.5 Å². The van der Waals surface area contributed by atoms with E-state index in [1.807, 2.05) is 60.1 Å². The summed E-state index contributed by atoms with van der Waals surface area (Å²) >= 11 is 0. The van der Waals surface area contributed by atoms with Crippen molar-refractivity contribution in [2.75, 3.05) is 12.4 Å². The molecule has 1 N–H and O–H groups in total. The highest BCUT2D eigenvalue weighted by Crippen LogP contribution is 2.14. The first-order valence-electron chi connectivity index (χ1n) is 7.22. The van der Waals surface area contributed by atoms with Crippen molar-refractivity contribution < 1.29 is 9.53 Å². The van der Waals surface area contributed by atoms with Crippen molar-refractivity contribution in [3.8, 4) is 5.75 Å². The lowest BCUT2D eigenvalue weighted by Gasteiger charge is -2.03. The Morgan fingerprint density at radius 2 is 2.13 bits per heavy atom. The maximum absolute atomic E-state index is 12.0. The van der Waals surface area contributed by atoms with Crippen LogP contribution in [0.4, 0.5) is 5.69 Å². The SMILES string of the molecule is COc1cccc(/C=C/C(=O)Nc2ccc3nc(C)cn3c2)c1. The summed E-state index contributed by atoms with van der Waals surface area (Å²) in [5, 5.41) is 2.84. The predicted molar refractivity (Wildman–Crippen MR) is 90.6 cm³/mol. The Labute approximate surface area is 134 Å². The van der Waals surface area contributed by atoms with Crippen LogP contribution < -0.4 is 10.1 Å². The number of methoxy groups -OCH3 is 1. The van der Waals surface area contributed by atoms with Crippen LogP contribution >= 0.6 is 0 Å². The van der Waals surface area contributed by atoms with E-state index >= 15 is 0 Å². The van der Waals surface area contributed by atoms with Gasteiger partial charge in [0.1, 0.15) is 11.4 Å². The molecule has 0 aliphatic rings. The highest BCUT2D eigenvalue weighted by Gasteiger charge is 2.02. The van der Waals surface area contributed by atoms with Crippen molar-refractivity contribution >= 4 is 23.3 Å². The maximum Gasteiger partial charge on any atom is 0.248 e. The van der Waals surface area contributed by atoms with Gasteiger partial charge in [-0.2, -0.15) is 0 Å². The quantitative estimate of drug-likeness (QED) is 0.752. The average Bonchev–Trinajstić information content (AvgIpc) is 2.92. The molecule has 0 fully saturated rings. The summed E-state index contributed by atoms with van der Waals surface area (Å²) in [4.78, 5) is 16.4. The third-order valence-corrected chi connectivity index (χ3v) is 3.36. The van der Waals surface area contributed by atoms with Gasteiger partial charge in [-0.15, -0.1) is 0 Å². The number of carbonyl (C=O) groups excluding carboxylic acids is 1. The van der Waals surface area contributed by atoms with Crippen molar-refractivity contribution in [2.45, 2.75) is 6.92 Å². The molecule has 2 heterocycles. The van der Waals surface area contributed by atoms with Crippen LogP contribution in [-0.2, 0) is 4.79 Å². The van der Waals surface area contributed by atoms with E-state index in [2.05, 4.69) is 10.3 Å². The average molecular weight is 307 g/mol. The molecule has 0 aliphatic heterocycles. The van der Waals surface area contributed by atoms with Gasteiger partial charge in [0.2, 0.25) is 5.91 Å². The van der Waals surface area contributed by atoms with Gasteiger partial charge in [0.15, 0.2) is 0 Å². The van der Waals surface area contributed by atoms with Crippen LogP contribution in [0.3, 0.4) is 0 Å². The number of anilines is 1. The molecule has 23 heavy (non-hydrogen) atoms. The molecule has 0 saturated heterocycles. The highest BCUT2D eigenvalue weighted by atomic mass is 16.5. The number of amides is 1. The minimum absolute atomic E-state index is 0.191. The van der Waals surface area contributed by atoms with Crippen LogP contribution in [0.1, 0.15) is 11.3 Å². The molecule has 0 radical (unpaired) electrons. The number of rotatable bonds is 4. The second kappa shape index (κ2) is 6.36. The van der Waals surface area contributed by atoms with Crippen LogP contribution in [0.25, 0.3) is 11.7 Å². The summed E-state index contributed by atoms with van der Waals surface area (Å²) in [6.45, 7) is 1.93. The topological polar surface area (TPSA) is 55.6 Å². The fraction of sp³-hybridized carbons (Fsp3) is 0.111. The van der Waals surface area contributed by atoms with Gasteiger partial charge >= 0.3 is 0 Å². The first kappa shape index (κ1) is 14.8. The van der Waals surface area contributed by atoms with E-state index in [1.165, 1.54) is 6.08 Å². The number of hydrogen-bond donors (Lipinski definition) is 1. The number of hydrogen-bond acceptors (Lipinski definition) is 3. The number of aryl methyl sites for hydroxylation is 1. The first-order chi connectivity index (χ1) is 11.1. The first-order valence-corrected chi connectivity index (χ1v) is 7.22. The highest BCUT2D eigenvalue weighted by molar-refractivity contribution is 6.01. The molecule has 0 saturated carbocycles. The summed E-state index contributed by atoms with van der Waals surface area (Å²) in [5.41, 5.74) is 3.41. The number of aromatic nitrogens is 2. The van der Waals surface area contributed by atoms with Crippen molar-refractivity contribution in [3.63, 3.8) is 0 Å². The molecular formula is C18H17N3O2. The van der Waals surface area contributed by atoms with E-state index in [0.717, 1.165) is 28.3 Å². The zero-order valence-corrected chi connectivity index (χ0v) is 13.0. The summed E-state index contributed by atoms with van der Waals surface area (Å²) in [6.07, 6.45) is 7.00. The minimum Gasteiger partial charge on any atom is -0.497 e. The number of benzene rings is 1. The van der Waals surface area contributed by atoms with E-state index in [-0.39, 0.29) is 5.91 Å². The van der Waals surface area contributed by atoms with Crippen molar-refractivity contribution in [3.05, 3.63) is 66.1 Å². The third-order valence-electron chi connectivity index (χ3n) is 3.36. The van der Waals surface area contributed by atoms with Crippen molar-refractivity contribution in [1.82, 2.24) is 9.38 Å².